The van der Waals surface area contributed by atoms with Gasteiger partial charge in [-0.3, -0.25) is 0 Å². The van der Waals surface area contributed by atoms with Crippen LogP contribution < -0.4 is 4.57 Å². The molecule has 1 atom stereocenters. The average Bonchev–Trinajstić information content (AvgIpc) is 2.50. The highest BCUT2D eigenvalue weighted by Crippen LogP contribution is 2.17. The van der Waals surface area contributed by atoms with E-state index in [4.69, 9.17) is 5.11 Å². The lowest BCUT2D eigenvalue weighted by molar-refractivity contribution is -0.697. The average molecular weight is 215 g/mol. The smallest absolute Gasteiger partial charge is 0.246 e. The highest BCUT2D eigenvalue weighted by atomic mass is 16.3. The predicted molar refractivity (Wildman–Crippen MR) is 53.9 cm³/mol. The van der Waals surface area contributed by atoms with Crippen LogP contribution in [0.5, 0.6) is 0 Å². The van der Waals surface area contributed by atoms with Crippen molar-refractivity contribution in [2.75, 3.05) is 6.61 Å². The van der Waals surface area contributed by atoms with Gasteiger partial charge in [0, 0.05) is 6.42 Å². The molecule has 1 rings (SSSR count). The summed E-state index contributed by atoms with van der Waals surface area (Å²) in [5, 5.41) is 28.0. The van der Waals surface area contributed by atoms with E-state index in [1.807, 2.05) is 0 Å². The fraction of sp³-hybridized carbons (Fsp3) is 0.700. The van der Waals surface area contributed by atoms with E-state index in [-0.39, 0.29) is 13.0 Å². The largest absolute Gasteiger partial charge is 0.392 e. The number of imidazole rings is 1. The molecule has 86 valence electrons. The first-order valence-electron chi connectivity index (χ1n) is 5.00. The van der Waals surface area contributed by atoms with E-state index in [9.17, 15) is 10.2 Å². The molecular formula is C10H19N2O3+. The number of hydrogen-bond donors (Lipinski definition) is 3. The first kappa shape index (κ1) is 12.2. The summed E-state index contributed by atoms with van der Waals surface area (Å²) in [6.45, 7) is 3.88. The lowest BCUT2D eigenvalue weighted by Gasteiger charge is -2.18. The van der Waals surface area contributed by atoms with E-state index in [0.29, 0.717) is 6.54 Å². The van der Waals surface area contributed by atoms with Crippen LogP contribution in [-0.4, -0.2) is 32.1 Å². The van der Waals surface area contributed by atoms with Crippen LogP contribution in [0, 0.1) is 0 Å². The molecule has 0 aliphatic rings. The summed E-state index contributed by atoms with van der Waals surface area (Å²) in [6, 6.07) is 0. The van der Waals surface area contributed by atoms with Crippen molar-refractivity contribution < 1.29 is 19.9 Å². The van der Waals surface area contributed by atoms with Crippen LogP contribution in [0.25, 0.3) is 0 Å². The second-order valence-electron chi connectivity index (χ2n) is 4.32. The molecule has 5 nitrogen and oxygen atoms in total. The normalized spacial score (nSPS) is 14.2. The Morgan fingerprint density at radius 3 is 2.67 bits per heavy atom. The molecule has 0 aromatic carbocycles. The van der Waals surface area contributed by atoms with Crippen LogP contribution in [0.15, 0.2) is 18.7 Å². The maximum absolute atomic E-state index is 9.76. The molecule has 0 saturated carbocycles. The van der Waals surface area contributed by atoms with Crippen molar-refractivity contribution in [1.82, 2.24) is 4.57 Å². The zero-order valence-corrected chi connectivity index (χ0v) is 9.17. The highest BCUT2D eigenvalue weighted by molar-refractivity contribution is 4.75. The van der Waals surface area contributed by atoms with Gasteiger partial charge >= 0.3 is 0 Å². The Morgan fingerprint density at radius 1 is 1.47 bits per heavy atom. The molecule has 0 fully saturated rings. The van der Waals surface area contributed by atoms with Crippen LogP contribution in [0.4, 0.5) is 0 Å². The Morgan fingerprint density at radius 2 is 2.13 bits per heavy atom. The Hall–Kier alpha value is -0.910. The molecule has 0 amide bonds. The summed E-state index contributed by atoms with van der Waals surface area (Å²) in [5.41, 5.74) is -0.897. The van der Waals surface area contributed by atoms with Gasteiger partial charge < -0.3 is 15.3 Å². The van der Waals surface area contributed by atoms with Crippen LogP contribution in [-0.2, 0) is 6.54 Å². The first-order valence-corrected chi connectivity index (χ1v) is 5.00. The van der Waals surface area contributed by atoms with Crippen LogP contribution in [0.3, 0.4) is 0 Å². The second kappa shape index (κ2) is 4.74. The summed E-state index contributed by atoms with van der Waals surface area (Å²) in [4.78, 5) is 0. The zero-order valence-electron chi connectivity index (χ0n) is 9.17. The molecule has 0 saturated heterocycles. The number of rotatable bonds is 5. The van der Waals surface area contributed by atoms with Gasteiger partial charge in [0.25, 0.3) is 0 Å². The van der Waals surface area contributed by atoms with Gasteiger partial charge in [0.15, 0.2) is 0 Å². The SMILES string of the molecule is CC(C)(O)CC(O)n1cc[n+](CCO)c1. The molecular weight excluding hydrogens is 196 g/mol. The Bertz CT molecular complexity index is 304. The molecule has 0 aliphatic carbocycles. The molecule has 15 heavy (non-hydrogen) atoms. The lowest BCUT2D eigenvalue weighted by Crippen LogP contribution is -2.33. The zero-order chi connectivity index (χ0) is 11.5. The maximum Gasteiger partial charge on any atom is 0.246 e. The van der Waals surface area contributed by atoms with E-state index in [0.717, 1.165) is 0 Å². The minimum Gasteiger partial charge on any atom is -0.392 e. The van der Waals surface area contributed by atoms with Crippen molar-refractivity contribution in [2.45, 2.75) is 38.6 Å². The number of aliphatic hydroxyl groups excluding tert-OH is 2. The fourth-order valence-corrected chi connectivity index (χ4v) is 1.39. The summed E-state index contributed by atoms with van der Waals surface area (Å²) in [7, 11) is 0. The Balaban J connectivity index is 2.61. The molecule has 1 unspecified atom stereocenters. The highest BCUT2D eigenvalue weighted by Gasteiger charge is 2.23. The third kappa shape index (κ3) is 3.99. The van der Waals surface area contributed by atoms with Crippen molar-refractivity contribution >= 4 is 0 Å². The molecule has 3 N–H and O–H groups in total. The fourth-order valence-electron chi connectivity index (χ4n) is 1.39. The Kier molecular flexibility index (Phi) is 3.84. The van der Waals surface area contributed by atoms with Crippen molar-refractivity contribution in [1.29, 1.82) is 0 Å². The first-order chi connectivity index (χ1) is 6.92. The van der Waals surface area contributed by atoms with Gasteiger partial charge in [-0.1, -0.05) is 0 Å². The number of aromatic nitrogens is 2. The van der Waals surface area contributed by atoms with E-state index in [1.165, 1.54) is 0 Å². The molecule has 1 aromatic rings. The summed E-state index contributed by atoms with van der Waals surface area (Å²) in [6.07, 6.45) is 4.70. The van der Waals surface area contributed by atoms with Crippen LogP contribution in [0.2, 0.25) is 0 Å². The van der Waals surface area contributed by atoms with Gasteiger partial charge in [-0.25, -0.2) is 9.13 Å². The second-order valence-corrected chi connectivity index (χ2v) is 4.32. The molecule has 5 heteroatoms. The molecule has 1 heterocycles. The third-order valence-electron chi connectivity index (χ3n) is 2.10. The van der Waals surface area contributed by atoms with Crippen LogP contribution in [0.1, 0.15) is 26.5 Å². The minimum absolute atomic E-state index is 0.0657. The van der Waals surface area contributed by atoms with E-state index >= 15 is 0 Å². The van der Waals surface area contributed by atoms with Gasteiger partial charge in [-0.15, -0.1) is 0 Å². The monoisotopic (exact) mass is 215 g/mol. The molecule has 0 spiro atoms. The van der Waals surface area contributed by atoms with Gasteiger partial charge in [0.1, 0.15) is 18.9 Å². The number of nitrogens with zero attached hydrogens (tertiary/aromatic N) is 2. The molecule has 0 radical (unpaired) electrons. The summed E-state index contributed by atoms with van der Waals surface area (Å²) >= 11 is 0. The molecule has 1 aromatic heterocycles. The van der Waals surface area contributed by atoms with Crippen molar-refractivity contribution in [3.05, 3.63) is 18.7 Å². The van der Waals surface area contributed by atoms with Crippen LogP contribution >= 0.6 is 0 Å². The van der Waals surface area contributed by atoms with Gasteiger partial charge in [-0.05, 0) is 13.8 Å². The number of hydrogen-bond acceptors (Lipinski definition) is 3. The topological polar surface area (TPSA) is 69.5 Å². The lowest BCUT2D eigenvalue weighted by atomic mass is 10.0. The van der Waals surface area contributed by atoms with Gasteiger partial charge in [0.05, 0.1) is 12.2 Å². The Labute approximate surface area is 89.2 Å². The summed E-state index contributed by atoms with van der Waals surface area (Å²) in [5.74, 6) is 0. The van der Waals surface area contributed by atoms with Crippen molar-refractivity contribution in [2.24, 2.45) is 0 Å². The van der Waals surface area contributed by atoms with E-state index < -0.39 is 11.8 Å². The van der Waals surface area contributed by atoms with E-state index in [1.54, 1.807) is 41.7 Å². The standard InChI is InChI=1S/C10H19N2O3/c1-10(2,15)7-9(14)12-4-3-11(8-12)5-6-13/h3-4,8-9,13-15H,5-7H2,1-2H3/q+1. The summed E-state index contributed by atoms with van der Waals surface area (Å²) < 4.78 is 3.38. The number of aliphatic hydroxyl groups is 3. The van der Waals surface area contributed by atoms with E-state index in [2.05, 4.69) is 0 Å². The molecule has 0 bridgehead atoms. The van der Waals surface area contributed by atoms with Gasteiger partial charge in [-0.2, -0.15) is 0 Å². The van der Waals surface area contributed by atoms with Crippen molar-refractivity contribution in [3.8, 4) is 0 Å². The molecule has 0 aliphatic heterocycles. The minimum atomic E-state index is -0.897. The van der Waals surface area contributed by atoms with Gasteiger partial charge in [0.2, 0.25) is 12.6 Å². The third-order valence-corrected chi connectivity index (χ3v) is 2.10. The predicted octanol–water partition coefficient (Wildman–Crippen LogP) is -0.580. The quantitative estimate of drug-likeness (QED) is 0.576. The van der Waals surface area contributed by atoms with Crippen molar-refractivity contribution in [3.63, 3.8) is 0 Å². The maximum atomic E-state index is 9.76.